The number of aliphatic carboxylic acids is 1. The van der Waals surface area contributed by atoms with E-state index in [1.165, 1.54) is 57.8 Å². The van der Waals surface area contributed by atoms with Gasteiger partial charge in [-0.05, 0) is 24.7 Å². The second kappa shape index (κ2) is 15.0. The van der Waals surface area contributed by atoms with Gasteiger partial charge in [0.25, 0.3) is 0 Å². The zero-order valence-electron chi connectivity index (χ0n) is 16.3. The lowest BCUT2D eigenvalue weighted by molar-refractivity contribution is -0.142. The molecule has 0 aliphatic heterocycles. The van der Waals surface area contributed by atoms with Gasteiger partial charge in [-0.3, -0.25) is 4.79 Å². The zero-order valence-corrected chi connectivity index (χ0v) is 16.3. The van der Waals surface area contributed by atoms with E-state index in [1.807, 2.05) is 0 Å². The Morgan fingerprint density at radius 3 is 1.30 bits per heavy atom. The van der Waals surface area contributed by atoms with Gasteiger partial charge < -0.3 is 5.11 Å². The highest BCUT2D eigenvalue weighted by atomic mass is 16.4. The Labute approximate surface area is 145 Å². The molecule has 2 heteroatoms. The molecule has 0 aliphatic rings. The lowest BCUT2D eigenvalue weighted by Gasteiger charge is -2.12. The molecular formula is C21H42O2. The third kappa shape index (κ3) is 16.1. The van der Waals surface area contributed by atoms with E-state index in [0.717, 1.165) is 37.5 Å². The molecule has 0 bridgehead atoms. The van der Waals surface area contributed by atoms with Gasteiger partial charge >= 0.3 is 5.97 Å². The van der Waals surface area contributed by atoms with Crippen molar-refractivity contribution in [3.8, 4) is 0 Å². The average Bonchev–Trinajstić information content (AvgIpc) is 2.46. The van der Waals surface area contributed by atoms with Crippen LogP contribution in [0.2, 0.25) is 0 Å². The van der Waals surface area contributed by atoms with Crippen molar-refractivity contribution in [2.45, 2.75) is 111 Å². The molecule has 2 nitrogen and oxygen atoms in total. The van der Waals surface area contributed by atoms with E-state index >= 15 is 0 Å². The average molecular weight is 327 g/mol. The maximum Gasteiger partial charge on any atom is 0.306 e. The summed E-state index contributed by atoms with van der Waals surface area (Å²) >= 11 is 0. The minimum Gasteiger partial charge on any atom is -0.481 e. The van der Waals surface area contributed by atoms with Crippen LogP contribution in [0.25, 0.3) is 0 Å². The van der Waals surface area contributed by atoms with Crippen molar-refractivity contribution in [1.29, 1.82) is 0 Å². The van der Waals surface area contributed by atoms with Gasteiger partial charge in [0, 0.05) is 0 Å². The predicted molar refractivity (Wildman–Crippen MR) is 101 cm³/mol. The smallest absolute Gasteiger partial charge is 0.306 e. The lowest BCUT2D eigenvalue weighted by Crippen LogP contribution is -2.13. The number of hydrogen-bond acceptors (Lipinski definition) is 1. The highest BCUT2D eigenvalue weighted by Gasteiger charge is 2.16. The first-order valence-electron chi connectivity index (χ1n) is 10.2. The van der Waals surface area contributed by atoms with Crippen LogP contribution < -0.4 is 0 Å². The molecule has 138 valence electrons. The molecule has 0 aromatic heterocycles. The molecule has 23 heavy (non-hydrogen) atoms. The summed E-state index contributed by atoms with van der Waals surface area (Å²) in [4.78, 5) is 11.3. The van der Waals surface area contributed by atoms with Crippen LogP contribution in [-0.2, 0) is 4.79 Å². The van der Waals surface area contributed by atoms with Crippen molar-refractivity contribution in [2.75, 3.05) is 0 Å². The van der Waals surface area contributed by atoms with Crippen molar-refractivity contribution in [1.82, 2.24) is 0 Å². The molecule has 0 aromatic carbocycles. The molecular weight excluding hydrogens is 284 g/mol. The van der Waals surface area contributed by atoms with Gasteiger partial charge in [0.2, 0.25) is 0 Å². The second-order valence-corrected chi connectivity index (χ2v) is 8.16. The number of carbonyl (C=O) groups is 1. The van der Waals surface area contributed by atoms with Gasteiger partial charge in [-0.1, -0.05) is 98.3 Å². The summed E-state index contributed by atoms with van der Waals surface area (Å²) < 4.78 is 0. The minimum atomic E-state index is -0.580. The van der Waals surface area contributed by atoms with E-state index in [9.17, 15) is 9.90 Å². The van der Waals surface area contributed by atoms with E-state index in [2.05, 4.69) is 27.7 Å². The van der Waals surface area contributed by atoms with Crippen LogP contribution in [0.5, 0.6) is 0 Å². The van der Waals surface area contributed by atoms with Crippen molar-refractivity contribution < 1.29 is 9.90 Å². The topological polar surface area (TPSA) is 37.3 Å². The van der Waals surface area contributed by atoms with Gasteiger partial charge in [-0.25, -0.2) is 0 Å². The van der Waals surface area contributed by atoms with Gasteiger partial charge in [0.15, 0.2) is 0 Å². The number of rotatable bonds is 16. The molecule has 1 atom stereocenters. The first-order chi connectivity index (χ1) is 10.9. The minimum absolute atomic E-state index is 0.104. The summed E-state index contributed by atoms with van der Waals surface area (Å²) in [5.41, 5.74) is 0. The maximum absolute atomic E-state index is 11.3. The predicted octanol–water partition coefficient (Wildman–Crippen LogP) is 7.07. The molecule has 1 unspecified atom stereocenters. The standard InChI is InChI=1S/C21H42O2/c1-18(2)14-10-8-6-5-7-9-11-16-20(21(22)23)17-13-12-15-19(3)4/h18-20H,5-17H2,1-4H3,(H,22,23). The molecule has 0 heterocycles. The summed E-state index contributed by atoms with van der Waals surface area (Å²) in [6, 6.07) is 0. The van der Waals surface area contributed by atoms with Crippen molar-refractivity contribution in [3.63, 3.8) is 0 Å². The molecule has 1 N–H and O–H groups in total. The van der Waals surface area contributed by atoms with Gasteiger partial charge in [-0.2, -0.15) is 0 Å². The summed E-state index contributed by atoms with van der Waals surface area (Å²) in [7, 11) is 0. The van der Waals surface area contributed by atoms with E-state index in [-0.39, 0.29) is 5.92 Å². The van der Waals surface area contributed by atoms with Crippen LogP contribution in [0.1, 0.15) is 111 Å². The second-order valence-electron chi connectivity index (χ2n) is 8.16. The fourth-order valence-electron chi connectivity index (χ4n) is 3.16. The number of carboxylic acid groups (broad SMARTS) is 1. The van der Waals surface area contributed by atoms with Crippen LogP contribution in [0.4, 0.5) is 0 Å². The Morgan fingerprint density at radius 2 is 0.913 bits per heavy atom. The normalized spacial score (nSPS) is 13.0. The molecule has 0 fully saturated rings. The fourth-order valence-corrected chi connectivity index (χ4v) is 3.16. The fraction of sp³-hybridized carbons (Fsp3) is 0.952. The molecule has 0 rings (SSSR count). The van der Waals surface area contributed by atoms with Crippen molar-refractivity contribution in [2.24, 2.45) is 17.8 Å². The van der Waals surface area contributed by atoms with Crippen LogP contribution in [-0.4, -0.2) is 11.1 Å². The van der Waals surface area contributed by atoms with Crippen molar-refractivity contribution >= 4 is 5.97 Å². The first kappa shape index (κ1) is 22.5. The molecule has 0 saturated heterocycles. The molecule has 0 saturated carbocycles. The first-order valence-corrected chi connectivity index (χ1v) is 10.2. The Balaban J connectivity index is 3.52. The molecule has 0 radical (unpaired) electrons. The summed E-state index contributed by atoms with van der Waals surface area (Å²) in [5, 5.41) is 9.33. The Morgan fingerprint density at radius 1 is 0.609 bits per heavy atom. The largest absolute Gasteiger partial charge is 0.481 e. The van der Waals surface area contributed by atoms with Gasteiger partial charge in [-0.15, -0.1) is 0 Å². The SMILES string of the molecule is CC(C)CCCCCCCCCC(CCCCC(C)C)C(=O)O. The molecule has 0 aromatic rings. The Bertz CT molecular complexity index is 271. The Hall–Kier alpha value is -0.530. The summed E-state index contributed by atoms with van der Waals surface area (Å²) in [6.07, 6.45) is 15.6. The lowest BCUT2D eigenvalue weighted by atomic mass is 9.93. The van der Waals surface area contributed by atoms with Gasteiger partial charge in [0.1, 0.15) is 0 Å². The van der Waals surface area contributed by atoms with E-state index in [0.29, 0.717) is 0 Å². The van der Waals surface area contributed by atoms with Crippen LogP contribution in [0.3, 0.4) is 0 Å². The number of carboxylic acids is 1. The summed E-state index contributed by atoms with van der Waals surface area (Å²) in [5.74, 6) is 0.888. The van der Waals surface area contributed by atoms with Gasteiger partial charge in [0.05, 0.1) is 5.92 Å². The number of hydrogen-bond donors (Lipinski definition) is 1. The van der Waals surface area contributed by atoms with Crippen molar-refractivity contribution in [3.05, 3.63) is 0 Å². The third-order valence-electron chi connectivity index (χ3n) is 4.77. The van der Waals surface area contributed by atoms with Crippen LogP contribution >= 0.6 is 0 Å². The maximum atomic E-state index is 11.3. The summed E-state index contributed by atoms with van der Waals surface area (Å²) in [6.45, 7) is 9.05. The van der Waals surface area contributed by atoms with E-state index < -0.39 is 5.97 Å². The monoisotopic (exact) mass is 326 g/mol. The molecule has 0 amide bonds. The van der Waals surface area contributed by atoms with Crippen LogP contribution in [0, 0.1) is 17.8 Å². The highest BCUT2D eigenvalue weighted by molar-refractivity contribution is 5.69. The molecule has 0 aliphatic carbocycles. The van der Waals surface area contributed by atoms with E-state index in [4.69, 9.17) is 0 Å². The third-order valence-corrected chi connectivity index (χ3v) is 4.77. The molecule has 0 spiro atoms. The van der Waals surface area contributed by atoms with E-state index in [1.54, 1.807) is 0 Å². The Kier molecular flexibility index (Phi) is 14.7. The quantitative estimate of drug-likeness (QED) is 0.308. The highest BCUT2D eigenvalue weighted by Crippen LogP contribution is 2.20. The zero-order chi connectivity index (χ0) is 17.5. The van der Waals surface area contributed by atoms with Crippen LogP contribution in [0.15, 0.2) is 0 Å². The number of unbranched alkanes of at least 4 members (excludes halogenated alkanes) is 7.